The van der Waals surface area contributed by atoms with Crippen LogP contribution in [0.5, 0.6) is 0 Å². The first-order valence-corrected chi connectivity index (χ1v) is 6.50. The van der Waals surface area contributed by atoms with Crippen molar-refractivity contribution < 1.29 is 59.3 Å². The van der Waals surface area contributed by atoms with E-state index in [0.29, 0.717) is 0 Å². The van der Waals surface area contributed by atoms with Crippen LogP contribution in [-0.2, 0) is 28.5 Å². The van der Waals surface area contributed by atoms with E-state index in [2.05, 4.69) is 9.47 Å². The number of hydrogen-bond acceptors (Lipinski definition) is 6. The van der Waals surface area contributed by atoms with E-state index in [4.69, 9.17) is 9.47 Å². The average molecular weight is 386 g/mol. The fraction of sp³-hybridized carbons (Fsp3) is 0.833. The van der Waals surface area contributed by atoms with Crippen LogP contribution in [0.2, 0.25) is 0 Å². The van der Waals surface area contributed by atoms with Crippen LogP contribution in [-0.4, -0.2) is 61.7 Å². The summed E-state index contributed by atoms with van der Waals surface area (Å²) in [6.45, 7) is 2.16. The molecular formula is C12H13F7O6. The molecule has 1 aliphatic heterocycles. The van der Waals surface area contributed by atoms with Gasteiger partial charge in [-0.15, -0.1) is 0 Å². The van der Waals surface area contributed by atoms with Crippen LogP contribution in [0.1, 0.15) is 13.8 Å². The minimum atomic E-state index is -6.73. The van der Waals surface area contributed by atoms with E-state index in [0.717, 1.165) is 7.11 Å². The van der Waals surface area contributed by atoms with Crippen molar-refractivity contribution in [2.45, 2.75) is 49.9 Å². The lowest BCUT2D eigenvalue weighted by Gasteiger charge is -2.28. The molecule has 1 aliphatic rings. The van der Waals surface area contributed by atoms with Crippen LogP contribution in [0.3, 0.4) is 0 Å². The number of halogens is 7. The van der Waals surface area contributed by atoms with Crippen molar-refractivity contribution in [1.29, 1.82) is 0 Å². The molecular weight excluding hydrogens is 373 g/mol. The molecule has 2 unspecified atom stereocenters. The monoisotopic (exact) mass is 386 g/mol. The zero-order valence-electron chi connectivity index (χ0n) is 13.0. The van der Waals surface area contributed by atoms with E-state index in [1.165, 1.54) is 13.8 Å². The van der Waals surface area contributed by atoms with Gasteiger partial charge in [-0.1, -0.05) is 0 Å². The molecule has 1 rings (SSSR count). The summed E-state index contributed by atoms with van der Waals surface area (Å²) >= 11 is 0. The predicted molar refractivity (Wildman–Crippen MR) is 62.7 cm³/mol. The van der Waals surface area contributed by atoms with Gasteiger partial charge in [0.15, 0.2) is 5.79 Å². The van der Waals surface area contributed by atoms with Crippen molar-refractivity contribution in [2.75, 3.05) is 13.7 Å². The van der Waals surface area contributed by atoms with Crippen molar-refractivity contribution in [2.24, 2.45) is 0 Å². The van der Waals surface area contributed by atoms with Gasteiger partial charge in [0.05, 0.1) is 13.7 Å². The highest BCUT2D eigenvalue weighted by Gasteiger charge is 2.77. The third-order valence-electron chi connectivity index (χ3n) is 3.04. The van der Waals surface area contributed by atoms with Gasteiger partial charge in [-0.25, -0.2) is 9.59 Å². The number of carbonyl (C=O) groups is 2. The molecule has 0 bridgehead atoms. The first-order chi connectivity index (χ1) is 11.1. The number of carbonyl (C=O) groups excluding carboxylic acids is 2. The highest BCUT2D eigenvalue weighted by Crippen LogP contribution is 2.47. The van der Waals surface area contributed by atoms with Gasteiger partial charge in [0.2, 0.25) is 6.10 Å². The molecule has 0 aromatic heterocycles. The maximum atomic E-state index is 13.3. The van der Waals surface area contributed by atoms with Gasteiger partial charge in [0, 0.05) is 0 Å². The Bertz CT molecular complexity index is 531. The zero-order chi connectivity index (χ0) is 19.8. The summed E-state index contributed by atoms with van der Waals surface area (Å²) in [4.78, 5) is 22.8. The van der Waals surface area contributed by atoms with Gasteiger partial charge in [-0.2, -0.15) is 30.7 Å². The summed E-state index contributed by atoms with van der Waals surface area (Å²) in [6.07, 6.45) is -10.6. The summed E-state index contributed by atoms with van der Waals surface area (Å²) in [5, 5.41) is 0. The number of esters is 2. The summed E-state index contributed by atoms with van der Waals surface area (Å²) in [5.74, 6) is -19.1. The van der Waals surface area contributed by atoms with Crippen molar-refractivity contribution in [1.82, 2.24) is 0 Å². The summed E-state index contributed by atoms with van der Waals surface area (Å²) in [6, 6.07) is 0. The lowest BCUT2D eigenvalue weighted by molar-refractivity contribution is -0.349. The number of rotatable bonds is 5. The van der Waals surface area contributed by atoms with Crippen LogP contribution in [0.15, 0.2) is 0 Å². The molecule has 0 aromatic carbocycles. The highest BCUT2D eigenvalue weighted by atomic mass is 19.4. The summed E-state index contributed by atoms with van der Waals surface area (Å²) in [7, 11) is 0.743. The van der Waals surface area contributed by atoms with Gasteiger partial charge in [-0.3, -0.25) is 0 Å². The molecule has 1 saturated heterocycles. The normalized spacial score (nSPS) is 22.4. The molecule has 13 heteroatoms. The maximum absolute atomic E-state index is 13.3. The van der Waals surface area contributed by atoms with E-state index in [9.17, 15) is 40.3 Å². The Morgan fingerprint density at radius 2 is 1.64 bits per heavy atom. The first-order valence-electron chi connectivity index (χ1n) is 6.50. The molecule has 2 atom stereocenters. The topological polar surface area (TPSA) is 71.1 Å². The fourth-order valence-electron chi connectivity index (χ4n) is 1.75. The van der Waals surface area contributed by atoms with Gasteiger partial charge in [0.25, 0.3) is 0 Å². The van der Waals surface area contributed by atoms with Crippen LogP contribution in [0.25, 0.3) is 0 Å². The molecule has 0 N–H and O–H groups in total. The smallest absolute Gasteiger partial charge is 0.460 e. The van der Waals surface area contributed by atoms with Crippen LogP contribution in [0.4, 0.5) is 30.7 Å². The predicted octanol–water partition coefficient (Wildman–Crippen LogP) is 2.06. The van der Waals surface area contributed by atoms with E-state index in [1.54, 1.807) is 0 Å². The van der Waals surface area contributed by atoms with Crippen LogP contribution < -0.4 is 0 Å². The largest absolute Gasteiger partial charge is 0.466 e. The SMILES string of the molecule is COC(=O)C(OC(=O)C(F)(F)C(F)(F)C(F)(F)F)C1COC(C)(C)O1. The van der Waals surface area contributed by atoms with E-state index in [1.807, 2.05) is 0 Å². The van der Waals surface area contributed by atoms with E-state index in [-0.39, 0.29) is 0 Å². The second kappa shape index (κ2) is 6.59. The molecule has 0 saturated carbocycles. The molecule has 0 radical (unpaired) electrons. The Kier molecular flexibility index (Phi) is 5.65. The summed E-state index contributed by atoms with van der Waals surface area (Å²) < 4.78 is 107. The molecule has 0 aromatic rings. The molecule has 146 valence electrons. The number of alkyl halides is 7. The van der Waals surface area contributed by atoms with Crippen molar-refractivity contribution >= 4 is 11.9 Å². The molecule has 6 nitrogen and oxygen atoms in total. The van der Waals surface area contributed by atoms with Crippen LogP contribution in [0, 0.1) is 0 Å². The lowest BCUT2D eigenvalue weighted by atomic mass is 10.1. The summed E-state index contributed by atoms with van der Waals surface area (Å²) in [5.41, 5.74) is 0. The van der Waals surface area contributed by atoms with Gasteiger partial charge in [-0.05, 0) is 13.8 Å². The zero-order valence-corrected chi connectivity index (χ0v) is 13.0. The van der Waals surface area contributed by atoms with E-state index >= 15 is 0 Å². The number of ether oxygens (including phenoxy) is 4. The van der Waals surface area contributed by atoms with Crippen molar-refractivity contribution in [3.05, 3.63) is 0 Å². The lowest BCUT2D eigenvalue weighted by Crippen LogP contribution is -2.58. The molecule has 1 fully saturated rings. The highest BCUT2D eigenvalue weighted by molar-refractivity contribution is 5.84. The second-order valence-electron chi connectivity index (χ2n) is 5.36. The molecule has 0 aliphatic carbocycles. The average Bonchev–Trinajstić information content (AvgIpc) is 2.82. The third-order valence-corrected chi connectivity index (χ3v) is 3.04. The standard InChI is InChI=1S/C12H13F7O6/c1-9(2)23-4-5(25-9)6(7(20)22-3)24-8(21)10(13,14)11(15,16)12(17,18)19/h5-6H,4H2,1-3H3. The fourth-order valence-corrected chi connectivity index (χ4v) is 1.75. The Morgan fingerprint density at radius 1 is 1.12 bits per heavy atom. The molecule has 1 heterocycles. The van der Waals surface area contributed by atoms with Crippen molar-refractivity contribution in [3.63, 3.8) is 0 Å². The Labute approximate surface area is 136 Å². The Hall–Kier alpha value is -1.63. The Morgan fingerprint density at radius 3 is 2.00 bits per heavy atom. The third kappa shape index (κ3) is 4.14. The van der Waals surface area contributed by atoms with Gasteiger partial charge >= 0.3 is 30.0 Å². The van der Waals surface area contributed by atoms with Gasteiger partial charge < -0.3 is 18.9 Å². The molecule has 25 heavy (non-hydrogen) atoms. The first kappa shape index (κ1) is 21.4. The quantitative estimate of drug-likeness (QED) is 0.532. The number of methoxy groups -OCH3 is 1. The number of hydrogen-bond donors (Lipinski definition) is 0. The minimum Gasteiger partial charge on any atom is -0.466 e. The van der Waals surface area contributed by atoms with Gasteiger partial charge in [0.1, 0.15) is 6.10 Å². The minimum absolute atomic E-state index is 0.499. The second-order valence-corrected chi connectivity index (χ2v) is 5.36. The molecule has 0 amide bonds. The molecule has 0 spiro atoms. The van der Waals surface area contributed by atoms with E-state index < -0.39 is 54.6 Å². The van der Waals surface area contributed by atoms with Crippen LogP contribution >= 0.6 is 0 Å². The van der Waals surface area contributed by atoms with Crippen molar-refractivity contribution in [3.8, 4) is 0 Å². The maximum Gasteiger partial charge on any atom is 0.460 e. The Balaban J connectivity index is 3.05.